The van der Waals surface area contributed by atoms with Gasteiger partial charge in [-0.15, -0.1) is 0 Å². The lowest BCUT2D eigenvalue weighted by molar-refractivity contribution is 0.823. The maximum absolute atomic E-state index is 4.45. The Bertz CT molecular complexity index is 556. The summed E-state index contributed by atoms with van der Waals surface area (Å²) in [5.41, 5.74) is 3.30. The van der Waals surface area contributed by atoms with E-state index in [4.69, 9.17) is 0 Å². The third-order valence-corrected chi connectivity index (χ3v) is 3.02. The van der Waals surface area contributed by atoms with Crippen LogP contribution < -0.4 is 0 Å². The van der Waals surface area contributed by atoms with Crippen molar-refractivity contribution in [1.29, 1.82) is 0 Å². The van der Waals surface area contributed by atoms with Gasteiger partial charge in [0, 0.05) is 5.71 Å². The van der Waals surface area contributed by atoms with Crippen molar-refractivity contribution >= 4 is 12.1 Å². The third kappa shape index (κ3) is 3.88. The Hall–Kier alpha value is -2.22. The van der Waals surface area contributed by atoms with Crippen LogP contribution in [-0.4, -0.2) is 12.1 Å². The van der Waals surface area contributed by atoms with E-state index in [2.05, 4.69) is 29.0 Å². The van der Waals surface area contributed by atoms with Gasteiger partial charge in [-0.25, -0.2) is 4.99 Å². The highest BCUT2D eigenvalue weighted by molar-refractivity contribution is 6.02. The van der Waals surface area contributed by atoms with Crippen molar-refractivity contribution in [2.45, 2.75) is 19.9 Å². The fraction of sp³-hybridized carbons (Fsp3) is 0.176. The molecule has 0 amide bonds. The highest BCUT2D eigenvalue weighted by Gasteiger charge is 2.00. The van der Waals surface area contributed by atoms with Crippen molar-refractivity contribution in [1.82, 2.24) is 0 Å². The molecule has 0 saturated heterocycles. The maximum Gasteiger partial charge on any atom is 0.110 e. The second-order valence-corrected chi connectivity index (χ2v) is 4.43. The van der Waals surface area contributed by atoms with Crippen molar-refractivity contribution in [2.24, 2.45) is 9.98 Å². The molecule has 2 aromatic carbocycles. The van der Waals surface area contributed by atoms with Gasteiger partial charge < -0.3 is 0 Å². The molecule has 2 heteroatoms. The number of rotatable bonds is 4. The second-order valence-electron chi connectivity index (χ2n) is 4.43. The molecule has 1 unspecified atom stereocenters. The topological polar surface area (TPSA) is 24.7 Å². The van der Waals surface area contributed by atoms with Crippen molar-refractivity contribution < 1.29 is 0 Å². The van der Waals surface area contributed by atoms with E-state index in [0.29, 0.717) is 0 Å². The van der Waals surface area contributed by atoms with Gasteiger partial charge in [0.15, 0.2) is 0 Å². The SMILES string of the molecule is CC(=NC=NC(C)c1ccccc1)c1ccccc1. The van der Waals surface area contributed by atoms with Crippen LogP contribution >= 0.6 is 0 Å². The van der Waals surface area contributed by atoms with Crippen molar-refractivity contribution in [3.63, 3.8) is 0 Å². The highest BCUT2D eigenvalue weighted by Crippen LogP contribution is 2.14. The molecule has 2 aromatic rings. The quantitative estimate of drug-likeness (QED) is 0.571. The summed E-state index contributed by atoms with van der Waals surface area (Å²) in [6.45, 7) is 4.06. The summed E-state index contributed by atoms with van der Waals surface area (Å²) in [7, 11) is 0. The number of benzene rings is 2. The van der Waals surface area contributed by atoms with E-state index in [1.807, 2.05) is 55.5 Å². The monoisotopic (exact) mass is 250 g/mol. The van der Waals surface area contributed by atoms with Crippen LogP contribution in [0.2, 0.25) is 0 Å². The maximum atomic E-state index is 4.45. The average molecular weight is 250 g/mol. The predicted octanol–water partition coefficient (Wildman–Crippen LogP) is 4.29. The number of hydrogen-bond acceptors (Lipinski definition) is 1. The van der Waals surface area contributed by atoms with Gasteiger partial charge in [0.05, 0.1) is 6.04 Å². The molecule has 19 heavy (non-hydrogen) atoms. The van der Waals surface area contributed by atoms with Crippen LogP contribution in [0, 0.1) is 0 Å². The summed E-state index contributed by atoms with van der Waals surface area (Å²) in [6, 6.07) is 20.5. The molecule has 2 rings (SSSR count). The molecule has 0 N–H and O–H groups in total. The van der Waals surface area contributed by atoms with Crippen LogP contribution in [0.4, 0.5) is 0 Å². The molecule has 0 aliphatic heterocycles. The van der Waals surface area contributed by atoms with Crippen LogP contribution in [0.1, 0.15) is 31.0 Å². The van der Waals surface area contributed by atoms with Crippen LogP contribution in [0.5, 0.6) is 0 Å². The lowest BCUT2D eigenvalue weighted by atomic mass is 10.1. The van der Waals surface area contributed by atoms with E-state index < -0.39 is 0 Å². The zero-order valence-electron chi connectivity index (χ0n) is 11.3. The standard InChI is InChI=1S/C17H18N2/c1-14(16-9-5-3-6-10-16)18-13-19-15(2)17-11-7-4-8-12-17/h3-14H,1-2H3. The number of aliphatic imine (C=N–C) groups is 2. The Labute approximate surface area is 114 Å². The largest absolute Gasteiger partial charge is 0.266 e. The van der Waals surface area contributed by atoms with E-state index in [-0.39, 0.29) is 6.04 Å². The summed E-state index contributed by atoms with van der Waals surface area (Å²) in [5, 5.41) is 0. The molecule has 0 aliphatic rings. The van der Waals surface area contributed by atoms with E-state index in [9.17, 15) is 0 Å². The smallest absolute Gasteiger partial charge is 0.110 e. The van der Waals surface area contributed by atoms with Gasteiger partial charge in [-0.3, -0.25) is 4.99 Å². The first-order valence-electron chi connectivity index (χ1n) is 6.44. The van der Waals surface area contributed by atoms with E-state index >= 15 is 0 Å². The van der Waals surface area contributed by atoms with Gasteiger partial charge in [-0.1, -0.05) is 60.7 Å². The fourth-order valence-electron chi connectivity index (χ4n) is 1.79. The van der Waals surface area contributed by atoms with Crippen LogP contribution in [-0.2, 0) is 0 Å². The predicted molar refractivity (Wildman–Crippen MR) is 82.0 cm³/mol. The van der Waals surface area contributed by atoms with E-state index in [1.165, 1.54) is 5.56 Å². The average Bonchev–Trinajstić information content (AvgIpc) is 2.49. The van der Waals surface area contributed by atoms with Crippen LogP contribution in [0.15, 0.2) is 70.6 Å². The van der Waals surface area contributed by atoms with E-state index in [0.717, 1.165) is 11.3 Å². The lowest BCUT2D eigenvalue weighted by Crippen LogP contribution is -1.95. The summed E-state index contributed by atoms with van der Waals surface area (Å²) in [6.07, 6.45) is 1.65. The molecule has 0 aliphatic carbocycles. The van der Waals surface area contributed by atoms with Gasteiger partial charge in [0.25, 0.3) is 0 Å². The molecule has 0 spiro atoms. The van der Waals surface area contributed by atoms with Gasteiger partial charge >= 0.3 is 0 Å². The molecule has 96 valence electrons. The first-order valence-corrected chi connectivity index (χ1v) is 6.44. The molecule has 0 radical (unpaired) electrons. The molecular weight excluding hydrogens is 232 g/mol. The minimum atomic E-state index is 0.133. The Morgan fingerprint density at radius 3 is 2.16 bits per heavy atom. The zero-order chi connectivity index (χ0) is 13.5. The molecule has 0 aromatic heterocycles. The molecule has 0 saturated carbocycles. The Morgan fingerprint density at radius 2 is 1.53 bits per heavy atom. The summed E-state index contributed by atoms with van der Waals surface area (Å²) in [5.74, 6) is 0. The second kappa shape index (κ2) is 6.64. The highest BCUT2D eigenvalue weighted by atomic mass is 14.9. The summed E-state index contributed by atoms with van der Waals surface area (Å²) >= 11 is 0. The molecule has 0 bridgehead atoms. The van der Waals surface area contributed by atoms with Crippen LogP contribution in [0.25, 0.3) is 0 Å². The van der Waals surface area contributed by atoms with Crippen molar-refractivity contribution in [3.8, 4) is 0 Å². The Morgan fingerprint density at radius 1 is 0.947 bits per heavy atom. The van der Waals surface area contributed by atoms with Gasteiger partial charge in [-0.05, 0) is 25.0 Å². The van der Waals surface area contributed by atoms with Gasteiger partial charge in [0.1, 0.15) is 6.34 Å². The Balaban J connectivity index is 2.04. The van der Waals surface area contributed by atoms with Crippen LogP contribution in [0.3, 0.4) is 0 Å². The van der Waals surface area contributed by atoms with E-state index in [1.54, 1.807) is 6.34 Å². The molecular formula is C17H18N2. The minimum Gasteiger partial charge on any atom is -0.266 e. The Kier molecular flexibility index (Phi) is 4.62. The number of hydrogen-bond donors (Lipinski definition) is 0. The fourth-order valence-corrected chi connectivity index (χ4v) is 1.79. The van der Waals surface area contributed by atoms with Crippen molar-refractivity contribution in [3.05, 3.63) is 71.8 Å². The zero-order valence-corrected chi connectivity index (χ0v) is 11.3. The summed E-state index contributed by atoms with van der Waals surface area (Å²) in [4.78, 5) is 8.83. The summed E-state index contributed by atoms with van der Waals surface area (Å²) < 4.78 is 0. The third-order valence-electron chi connectivity index (χ3n) is 3.02. The van der Waals surface area contributed by atoms with Gasteiger partial charge in [-0.2, -0.15) is 0 Å². The molecule has 1 atom stereocenters. The molecule has 2 nitrogen and oxygen atoms in total. The first kappa shape index (κ1) is 13.2. The minimum absolute atomic E-state index is 0.133. The van der Waals surface area contributed by atoms with Crippen molar-refractivity contribution in [2.75, 3.05) is 0 Å². The molecule has 0 fully saturated rings. The molecule has 0 heterocycles. The number of nitrogens with zero attached hydrogens (tertiary/aromatic N) is 2. The normalized spacial score (nSPS) is 13.7. The first-order chi connectivity index (χ1) is 9.27. The lowest BCUT2D eigenvalue weighted by Gasteiger charge is -2.04. The van der Waals surface area contributed by atoms with Gasteiger partial charge in [0.2, 0.25) is 0 Å².